The van der Waals surface area contributed by atoms with E-state index in [1.165, 1.54) is 18.9 Å². The molecule has 1 unspecified atom stereocenters. The van der Waals surface area contributed by atoms with Crippen molar-refractivity contribution in [1.29, 1.82) is 0 Å². The van der Waals surface area contributed by atoms with Crippen LogP contribution in [0, 0.1) is 17.7 Å². The van der Waals surface area contributed by atoms with Gasteiger partial charge in [0.25, 0.3) is 0 Å². The van der Waals surface area contributed by atoms with Crippen molar-refractivity contribution in [2.24, 2.45) is 11.8 Å². The molecule has 0 radical (unpaired) electrons. The van der Waals surface area contributed by atoms with Crippen LogP contribution in [0.4, 0.5) is 4.39 Å². The molecule has 1 atom stereocenters. The molecule has 1 aromatic rings. The van der Waals surface area contributed by atoms with E-state index in [4.69, 9.17) is 11.6 Å². The number of rotatable bonds is 6. The Bertz CT molecular complexity index is 401. The molecule has 1 saturated carbocycles. The summed E-state index contributed by atoms with van der Waals surface area (Å²) >= 11 is 5.82. The minimum Gasteiger partial charge on any atom is -0.314 e. The average Bonchev–Trinajstić information content (AvgIpc) is 3.12. The molecule has 1 aliphatic rings. The van der Waals surface area contributed by atoms with Crippen molar-refractivity contribution in [3.05, 3.63) is 34.6 Å². The average molecular weight is 270 g/mol. The largest absolute Gasteiger partial charge is 0.314 e. The molecule has 3 heteroatoms. The van der Waals surface area contributed by atoms with Gasteiger partial charge in [0.2, 0.25) is 0 Å². The van der Waals surface area contributed by atoms with Gasteiger partial charge < -0.3 is 5.32 Å². The van der Waals surface area contributed by atoms with E-state index >= 15 is 0 Å². The van der Waals surface area contributed by atoms with Crippen molar-refractivity contribution >= 4 is 11.6 Å². The van der Waals surface area contributed by atoms with Crippen molar-refractivity contribution in [3.63, 3.8) is 0 Å². The Hall–Kier alpha value is -0.600. The number of benzene rings is 1. The fraction of sp³-hybridized carbons (Fsp3) is 0.600. The summed E-state index contributed by atoms with van der Waals surface area (Å²) in [6.45, 7) is 5.52. The standard InChI is InChI=1S/C15H21ClFN/c1-10(2)12(9-18-13-4-5-13)7-11-3-6-15(17)14(16)8-11/h3,6,8,10,12-13,18H,4-5,7,9H2,1-2H3. The van der Waals surface area contributed by atoms with Crippen molar-refractivity contribution in [2.75, 3.05) is 6.54 Å². The minimum absolute atomic E-state index is 0.227. The van der Waals surface area contributed by atoms with Crippen LogP contribution in [-0.4, -0.2) is 12.6 Å². The predicted molar refractivity (Wildman–Crippen MR) is 74.5 cm³/mol. The Morgan fingerprint density at radius 3 is 2.67 bits per heavy atom. The van der Waals surface area contributed by atoms with Gasteiger partial charge in [0, 0.05) is 6.04 Å². The molecular formula is C15H21ClFN. The highest BCUT2D eigenvalue weighted by Crippen LogP contribution is 2.23. The van der Waals surface area contributed by atoms with E-state index in [1.807, 2.05) is 6.07 Å². The van der Waals surface area contributed by atoms with E-state index in [9.17, 15) is 4.39 Å². The topological polar surface area (TPSA) is 12.0 Å². The van der Waals surface area contributed by atoms with Crippen LogP contribution in [0.15, 0.2) is 18.2 Å². The van der Waals surface area contributed by atoms with Crippen molar-refractivity contribution < 1.29 is 4.39 Å². The first kappa shape index (κ1) is 13.8. The Morgan fingerprint density at radius 1 is 1.39 bits per heavy atom. The highest BCUT2D eigenvalue weighted by atomic mass is 35.5. The molecule has 0 saturated heterocycles. The first-order valence-electron chi connectivity index (χ1n) is 6.73. The summed E-state index contributed by atoms with van der Waals surface area (Å²) < 4.78 is 13.1. The minimum atomic E-state index is -0.336. The summed E-state index contributed by atoms with van der Waals surface area (Å²) in [5.74, 6) is 0.852. The lowest BCUT2D eigenvalue weighted by atomic mass is 9.89. The Kier molecular flexibility index (Phi) is 4.63. The SMILES string of the molecule is CC(C)C(CNC1CC1)Cc1ccc(F)c(Cl)c1. The zero-order valence-corrected chi connectivity index (χ0v) is 11.8. The van der Waals surface area contributed by atoms with Crippen molar-refractivity contribution in [2.45, 2.75) is 39.2 Å². The normalized spacial score (nSPS) is 17.2. The summed E-state index contributed by atoms with van der Waals surface area (Å²) in [6, 6.07) is 5.79. The molecule has 0 spiro atoms. The van der Waals surface area contributed by atoms with Crippen LogP contribution in [0.3, 0.4) is 0 Å². The molecule has 1 aromatic carbocycles. The van der Waals surface area contributed by atoms with Gasteiger partial charge in [-0.3, -0.25) is 0 Å². The van der Waals surface area contributed by atoms with Crippen LogP contribution >= 0.6 is 11.6 Å². The van der Waals surface area contributed by atoms with Gasteiger partial charge in [0.1, 0.15) is 5.82 Å². The maximum atomic E-state index is 13.1. The predicted octanol–water partition coefficient (Wildman–Crippen LogP) is 4.05. The Morgan fingerprint density at radius 2 is 2.11 bits per heavy atom. The third kappa shape index (κ3) is 3.96. The van der Waals surface area contributed by atoms with Crippen LogP contribution in [0.2, 0.25) is 5.02 Å². The number of hydrogen-bond donors (Lipinski definition) is 1. The Balaban J connectivity index is 1.95. The lowest BCUT2D eigenvalue weighted by Gasteiger charge is -2.21. The van der Waals surface area contributed by atoms with Crippen LogP contribution < -0.4 is 5.32 Å². The van der Waals surface area contributed by atoms with Crippen molar-refractivity contribution in [3.8, 4) is 0 Å². The quantitative estimate of drug-likeness (QED) is 0.822. The van der Waals surface area contributed by atoms with Gasteiger partial charge in [-0.2, -0.15) is 0 Å². The lowest BCUT2D eigenvalue weighted by molar-refractivity contribution is 0.359. The van der Waals surface area contributed by atoms with Gasteiger partial charge >= 0.3 is 0 Å². The van der Waals surface area contributed by atoms with Gasteiger partial charge in [-0.05, 0) is 55.3 Å². The van der Waals surface area contributed by atoms with Gasteiger partial charge in [-0.1, -0.05) is 31.5 Å². The van der Waals surface area contributed by atoms with E-state index in [0.29, 0.717) is 11.8 Å². The van der Waals surface area contributed by atoms with E-state index < -0.39 is 0 Å². The molecular weight excluding hydrogens is 249 g/mol. The van der Waals surface area contributed by atoms with E-state index in [2.05, 4.69) is 19.2 Å². The van der Waals surface area contributed by atoms with Gasteiger partial charge in [-0.25, -0.2) is 4.39 Å². The maximum absolute atomic E-state index is 13.1. The first-order chi connectivity index (χ1) is 8.56. The second-order valence-corrected chi connectivity index (χ2v) is 6.05. The molecule has 100 valence electrons. The van der Waals surface area contributed by atoms with Gasteiger partial charge in [0.05, 0.1) is 5.02 Å². The zero-order valence-electron chi connectivity index (χ0n) is 11.0. The molecule has 1 N–H and O–H groups in total. The van der Waals surface area contributed by atoms with Gasteiger partial charge in [0.15, 0.2) is 0 Å². The molecule has 0 aromatic heterocycles. The summed E-state index contributed by atoms with van der Waals surface area (Å²) in [5.41, 5.74) is 1.12. The fourth-order valence-electron chi connectivity index (χ4n) is 2.12. The lowest BCUT2D eigenvalue weighted by Crippen LogP contribution is -2.29. The third-order valence-corrected chi connectivity index (χ3v) is 3.96. The van der Waals surface area contributed by atoms with Gasteiger partial charge in [-0.15, -0.1) is 0 Å². The second-order valence-electron chi connectivity index (χ2n) is 5.64. The van der Waals surface area contributed by atoms with Crippen LogP contribution in [-0.2, 0) is 6.42 Å². The zero-order chi connectivity index (χ0) is 13.1. The third-order valence-electron chi connectivity index (χ3n) is 3.67. The molecule has 18 heavy (non-hydrogen) atoms. The van der Waals surface area contributed by atoms with E-state index in [-0.39, 0.29) is 10.8 Å². The summed E-state index contributed by atoms with van der Waals surface area (Å²) in [7, 11) is 0. The van der Waals surface area contributed by atoms with E-state index in [1.54, 1.807) is 6.07 Å². The van der Waals surface area contributed by atoms with Crippen molar-refractivity contribution in [1.82, 2.24) is 5.32 Å². The summed E-state index contributed by atoms with van der Waals surface area (Å²) in [6.07, 6.45) is 3.58. The Labute approximate surface area is 114 Å². The summed E-state index contributed by atoms with van der Waals surface area (Å²) in [4.78, 5) is 0. The molecule has 1 nitrogen and oxygen atoms in total. The molecule has 1 aliphatic carbocycles. The maximum Gasteiger partial charge on any atom is 0.141 e. The molecule has 0 aliphatic heterocycles. The smallest absolute Gasteiger partial charge is 0.141 e. The highest BCUT2D eigenvalue weighted by Gasteiger charge is 2.23. The molecule has 0 heterocycles. The number of nitrogens with one attached hydrogen (secondary N) is 1. The first-order valence-corrected chi connectivity index (χ1v) is 7.11. The number of hydrogen-bond acceptors (Lipinski definition) is 1. The molecule has 2 rings (SSSR count). The monoisotopic (exact) mass is 269 g/mol. The highest BCUT2D eigenvalue weighted by molar-refractivity contribution is 6.30. The molecule has 1 fully saturated rings. The second kappa shape index (κ2) is 6.03. The van der Waals surface area contributed by atoms with Crippen LogP contribution in [0.5, 0.6) is 0 Å². The van der Waals surface area contributed by atoms with Crippen LogP contribution in [0.1, 0.15) is 32.3 Å². The number of halogens is 2. The van der Waals surface area contributed by atoms with E-state index in [0.717, 1.165) is 24.6 Å². The fourth-order valence-corrected chi connectivity index (χ4v) is 2.32. The molecule has 0 bridgehead atoms. The van der Waals surface area contributed by atoms with Crippen LogP contribution in [0.25, 0.3) is 0 Å². The summed E-state index contributed by atoms with van der Waals surface area (Å²) in [5, 5.41) is 3.80. The molecule has 0 amide bonds.